The Morgan fingerprint density at radius 1 is 1.24 bits per heavy atom. The standard InChI is InChI=1S/C18H15FN2O3S/c1-2-21-16-12(19)4-3-5-15(16)25-18(21)20-17(22)11-6-7-13-14(10-11)24-9-8-23-13/h3-7,10H,2,8-9H2,1H3. The number of thiazole rings is 1. The number of ether oxygens (including phenoxy) is 2. The van der Waals surface area contributed by atoms with Crippen molar-refractivity contribution < 1.29 is 18.7 Å². The summed E-state index contributed by atoms with van der Waals surface area (Å²) < 4.78 is 27.6. The molecule has 0 saturated carbocycles. The number of rotatable bonds is 2. The fourth-order valence-corrected chi connectivity index (χ4v) is 3.90. The van der Waals surface area contributed by atoms with Crippen LogP contribution in [-0.4, -0.2) is 23.7 Å². The molecule has 2 heterocycles. The van der Waals surface area contributed by atoms with Gasteiger partial charge in [-0.25, -0.2) is 4.39 Å². The van der Waals surface area contributed by atoms with Crippen molar-refractivity contribution >= 4 is 27.5 Å². The Morgan fingerprint density at radius 2 is 2.04 bits per heavy atom. The Hall–Kier alpha value is -2.67. The van der Waals surface area contributed by atoms with Crippen molar-refractivity contribution in [3.05, 3.63) is 52.6 Å². The zero-order valence-electron chi connectivity index (χ0n) is 13.5. The number of hydrogen-bond donors (Lipinski definition) is 0. The number of para-hydroxylation sites is 1. The van der Waals surface area contributed by atoms with Crippen molar-refractivity contribution in [2.45, 2.75) is 13.5 Å². The van der Waals surface area contributed by atoms with E-state index >= 15 is 0 Å². The van der Waals surface area contributed by atoms with Crippen LogP contribution in [-0.2, 0) is 6.54 Å². The first-order chi connectivity index (χ1) is 12.2. The lowest BCUT2D eigenvalue weighted by atomic mass is 10.2. The highest BCUT2D eigenvalue weighted by Gasteiger charge is 2.16. The summed E-state index contributed by atoms with van der Waals surface area (Å²) in [6.45, 7) is 3.36. The van der Waals surface area contributed by atoms with Gasteiger partial charge in [-0.05, 0) is 37.3 Å². The van der Waals surface area contributed by atoms with Gasteiger partial charge in [0.25, 0.3) is 5.91 Å². The van der Waals surface area contributed by atoms with Crippen molar-refractivity contribution in [1.82, 2.24) is 4.57 Å². The number of amides is 1. The van der Waals surface area contributed by atoms with E-state index in [0.29, 0.717) is 47.1 Å². The third kappa shape index (κ3) is 2.80. The molecule has 7 heteroatoms. The second-order valence-corrected chi connectivity index (χ2v) is 6.50. The second kappa shape index (κ2) is 6.33. The van der Waals surface area contributed by atoms with E-state index in [9.17, 15) is 9.18 Å². The third-order valence-electron chi connectivity index (χ3n) is 3.95. The first-order valence-corrected chi connectivity index (χ1v) is 8.75. The van der Waals surface area contributed by atoms with E-state index in [1.165, 1.54) is 17.4 Å². The number of benzene rings is 2. The van der Waals surface area contributed by atoms with Crippen molar-refractivity contribution in [3.63, 3.8) is 0 Å². The van der Waals surface area contributed by atoms with Crippen molar-refractivity contribution in [3.8, 4) is 11.5 Å². The van der Waals surface area contributed by atoms with E-state index < -0.39 is 5.91 Å². The number of carbonyl (C=O) groups excluding carboxylic acids is 1. The van der Waals surface area contributed by atoms with Gasteiger partial charge in [0.05, 0.1) is 10.2 Å². The van der Waals surface area contributed by atoms with E-state index in [4.69, 9.17) is 9.47 Å². The molecule has 1 aliphatic heterocycles. The zero-order chi connectivity index (χ0) is 17.4. The molecule has 0 N–H and O–H groups in total. The number of aryl methyl sites for hydroxylation is 1. The van der Waals surface area contributed by atoms with E-state index in [1.807, 2.05) is 13.0 Å². The van der Waals surface area contributed by atoms with E-state index in [1.54, 1.807) is 28.8 Å². The van der Waals surface area contributed by atoms with Gasteiger partial charge in [-0.1, -0.05) is 17.4 Å². The van der Waals surface area contributed by atoms with E-state index in [2.05, 4.69) is 4.99 Å². The fraction of sp³-hybridized carbons (Fsp3) is 0.222. The molecule has 5 nitrogen and oxygen atoms in total. The van der Waals surface area contributed by atoms with Gasteiger partial charge in [-0.15, -0.1) is 0 Å². The second-order valence-electron chi connectivity index (χ2n) is 5.49. The first-order valence-electron chi connectivity index (χ1n) is 7.94. The van der Waals surface area contributed by atoms with Gasteiger partial charge in [0.2, 0.25) is 0 Å². The maximum Gasteiger partial charge on any atom is 0.279 e. The summed E-state index contributed by atoms with van der Waals surface area (Å²) in [4.78, 5) is 17.2. The Balaban J connectivity index is 1.79. The lowest BCUT2D eigenvalue weighted by Crippen LogP contribution is -2.17. The van der Waals surface area contributed by atoms with Crippen LogP contribution >= 0.6 is 11.3 Å². The van der Waals surface area contributed by atoms with Gasteiger partial charge in [0.15, 0.2) is 16.3 Å². The van der Waals surface area contributed by atoms with Crippen LogP contribution in [0, 0.1) is 5.82 Å². The van der Waals surface area contributed by atoms with Gasteiger partial charge in [0, 0.05) is 12.1 Å². The summed E-state index contributed by atoms with van der Waals surface area (Å²) in [5.41, 5.74) is 0.883. The SMILES string of the molecule is CCn1c(=NC(=O)c2ccc3c(c2)OCCO3)sc2cccc(F)c21. The molecule has 0 unspecified atom stereocenters. The smallest absolute Gasteiger partial charge is 0.279 e. The molecule has 1 aliphatic rings. The molecule has 0 spiro atoms. The maximum atomic E-state index is 14.1. The Bertz CT molecular complexity index is 1040. The molecule has 25 heavy (non-hydrogen) atoms. The van der Waals surface area contributed by atoms with Gasteiger partial charge in [-0.2, -0.15) is 4.99 Å². The molecular formula is C18H15FN2O3S. The molecular weight excluding hydrogens is 343 g/mol. The topological polar surface area (TPSA) is 52.8 Å². The quantitative estimate of drug-likeness (QED) is 0.706. The number of nitrogens with zero attached hydrogens (tertiary/aromatic N) is 2. The summed E-state index contributed by atoms with van der Waals surface area (Å²) in [5, 5.41) is 0. The minimum absolute atomic E-state index is 0.316. The molecule has 0 fully saturated rings. The lowest BCUT2D eigenvalue weighted by Gasteiger charge is -2.18. The van der Waals surface area contributed by atoms with Gasteiger partial charge in [-0.3, -0.25) is 4.79 Å². The Labute approximate surface area is 147 Å². The highest BCUT2D eigenvalue weighted by atomic mass is 32.1. The highest BCUT2D eigenvalue weighted by Crippen LogP contribution is 2.31. The van der Waals surface area contributed by atoms with E-state index in [-0.39, 0.29) is 5.82 Å². The number of aromatic nitrogens is 1. The van der Waals surface area contributed by atoms with Crippen LogP contribution in [0.5, 0.6) is 11.5 Å². The van der Waals surface area contributed by atoms with Crippen molar-refractivity contribution in [2.24, 2.45) is 4.99 Å². The summed E-state index contributed by atoms with van der Waals surface area (Å²) in [6, 6.07) is 9.88. The number of fused-ring (bicyclic) bond motifs is 2. The zero-order valence-corrected chi connectivity index (χ0v) is 14.3. The summed E-state index contributed by atoms with van der Waals surface area (Å²) in [5.74, 6) is 0.448. The van der Waals surface area contributed by atoms with Crippen LogP contribution in [0.2, 0.25) is 0 Å². The molecule has 0 aliphatic carbocycles. The predicted octanol–water partition coefficient (Wildman–Crippen LogP) is 3.37. The van der Waals surface area contributed by atoms with Crippen molar-refractivity contribution in [2.75, 3.05) is 13.2 Å². The molecule has 4 rings (SSSR count). The van der Waals surface area contributed by atoms with Crippen LogP contribution in [0.1, 0.15) is 17.3 Å². The van der Waals surface area contributed by atoms with Gasteiger partial charge in [0.1, 0.15) is 19.0 Å². The fourth-order valence-electron chi connectivity index (χ4n) is 2.79. The van der Waals surface area contributed by atoms with Crippen LogP contribution in [0.4, 0.5) is 4.39 Å². The van der Waals surface area contributed by atoms with Crippen LogP contribution < -0.4 is 14.3 Å². The molecule has 128 valence electrons. The summed E-state index contributed by atoms with van der Waals surface area (Å²) in [6.07, 6.45) is 0. The largest absolute Gasteiger partial charge is 0.486 e. The summed E-state index contributed by atoms with van der Waals surface area (Å²) >= 11 is 1.29. The average Bonchev–Trinajstić information content (AvgIpc) is 2.99. The van der Waals surface area contributed by atoms with E-state index in [0.717, 1.165) is 4.70 Å². The Morgan fingerprint density at radius 3 is 2.84 bits per heavy atom. The number of halogens is 1. The number of hydrogen-bond acceptors (Lipinski definition) is 4. The maximum absolute atomic E-state index is 14.1. The monoisotopic (exact) mass is 358 g/mol. The molecule has 1 aromatic heterocycles. The van der Waals surface area contributed by atoms with Crippen molar-refractivity contribution in [1.29, 1.82) is 0 Å². The average molecular weight is 358 g/mol. The molecule has 0 atom stereocenters. The molecule has 0 bridgehead atoms. The minimum Gasteiger partial charge on any atom is -0.486 e. The Kier molecular flexibility index (Phi) is 4.01. The lowest BCUT2D eigenvalue weighted by molar-refractivity contribution is 0.0996. The molecule has 0 saturated heterocycles. The first kappa shape index (κ1) is 15.8. The molecule has 2 aromatic carbocycles. The predicted molar refractivity (Wildman–Crippen MR) is 92.8 cm³/mol. The summed E-state index contributed by atoms with van der Waals surface area (Å²) in [7, 11) is 0. The molecule has 1 amide bonds. The number of carbonyl (C=O) groups is 1. The normalized spacial score (nSPS) is 14.1. The minimum atomic E-state index is -0.397. The van der Waals surface area contributed by atoms with Gasteiger partial charge >= 0.3 is 0 Å². The van der Waals surface area contributed by atoms with Crippen LogP contribution in [0.3, 0.4) is 0 Å². The highest BCUT2D eigenvalue weighted by molar-refractivity contribution is 7.16. The molecule has 3 aromatic rings. The third-order valence-corrected chi connectivity index (χ3v) is 5.00. The van der Waals surface area contributed by atoms with Crippen LogP contribution in [0.15, 0.2) is 41.4 Å². The molecule has 0 radical (unpaired) electrons. The van der Waals surface area contributed by atoms with Crippen LogP contribution in [0.25, 0.3) is 10.2 Å². The van der Waals surface area contributed by atoms with Gasteiger partial charge < -0.3 is 14.0 Å².